The molecule has 1 unspecified atom stereocenters. The summed E-state index contributed by atoms with van der Waals surface area (Å²) in [6.45, 7) is 8.92. The van der Waals surface area contributed by atoms with E-state index < -0.39 is 0 Å². The molecule has 2 heterocycles. The van der Waals surface area contributed by atoms with Crippen LogP contribution in [0.5, 0.6) is 5.75 Å². The van der Waals surface area contributed by atoms with E-state index in [1.165, 1.54) is 5.56 Å². The molecule has 140 valence electrons. The summed E-state index contributed by atoms with van der Waals surface area (Å²) in [5.74, 6) is 3.29. The maximum Gasteiger partial charge on any atom is 0.136 e. The minimum Gasteiger partial charge on any atom is -0.497 e. The highest BCUT2D eigenvalue weighted by Gasteiger charge is 2.27. The fraction of sp³-hybridized carbons (Fsp3) is 0.524. The van der Waals surface area contributed by atoms with E-state index in [9.17, 15) is 0 Å². The average Bonchev–Trinajstić information content (AvgIpc) is 3.11. The Morgan fingerprint density at radius 2 is 1.85 bits per heavy atom. The van der Waals surface area contributed by atoms with E-state index in [0.29, 0.717) is 12.5 Å². The van der Waals surface area contributed by atoms with Crippen LogP contribution >= 0.6 is 0 Å². The van der Waals surface area contributed by atoms with Gasteiger partial charge in [0.2, 0.25) is 0 Å². The first-order valence-electron chi connectivity index (χ1n) is 9.17. The maximum absolute atomic E-state index is 5.30. The van der Waals surface area contributed by atoms with Crippen molar-refractivity contribution in [2.75, 3.05) is 32.2 Å². The van der Waals surface area contributed by atoms with Crippen LogP contribution in [0.4, 0.5) is 5.82 Å². The molecule has 1 saturated heterocycles. The molecule has 0 saturated carbocycles. The predicted octanol–water partition coefficient (Wildman–Crippen LogP) is 3.92. The Morgan fingerprint density at radius 3 is 2.46 bits per heavy atom. The van der Waals surface area contributed by atoms with E-state index in [0.717, 1.165) is 42.6 Å². The van der Waals surface area contributed by atoms with Crippen LogP contribution in [0.3, 0.4) is 0 Å². The summed E-state index contributed by atoms with van der Waals surface area (Å²) in [5, 5.41) is 0. The SMILES string of the molecule is COCc1cc(N2CCC(c3ccc(OC)cc3)C2)nc(C(C)(C)C)n1. The van der Waals surface area contributed by atoms with E-state index in [-0.39, 0.29) is 5.41 Å². The minimum atomic E-state index is -0.0897. The lowest BCUT2D eigenvalue weighted by Gasteiger charge is -2.23. The van der Waals surface area contributed by atoms with Crippen molar-refractivity contribution >= 4 is 5.82 Å². The van der Waals surface area contributed by atoms with Gasteiger partial charge in [-0.2, -0.15) is 0 Å². The molecule has 2 aromatic rings. The Morgan fingerprint density at radius 1 is 1.12 bits per heavy atom. The van der Waals surface area contributed by atoms with Crippen LogP contribution in [-0.4, -0.2) is 37.3 Å². The van der Waals surface area contributed by atoms with Gasteiger partial charge in [0.05, 0.1) is 19.4 Å². The van der Waals surface area contributed by atoms with E-state index in [2.05, 4.69) is 48.9 Å². The Bertz CT molecular complexity index is 738. The molecule has 0 aliphatic carbocycles. The van der Waals surface area contributed by atoms with Gasteiger partial charge in [0.15, 0.2) is 0 Å². The third-order valence-electron chi connectivity index (χ3n) is 4.83. The lowest BCUT2D eigenvalue weighted by atomic mass is 9.95. The van der Waals surface area contributed by atoms with Gasteiger partial charge in [0.1, 0.15) is 17.4 Å². The van der Waals surface area contributed by atoms with Crippen LogP contribution in [-0.2, 0) is 16.8 Å². The largest absolute Gasteiger partial charge is 0.497 e. The van der Waals surface area contributed by atoms with Gasteiger partial charge in [-0.3, -0.25) is 0 Å². The second-order valence-corrected chi connectivity index (χ2v) is 7.93. The topological polar surface area (TPSA) is 47.5 Å². The molecule has 0 amide bonds. The molecule has 1 aromatic carbocycles. The van der Waals surface area contributed by atoms with Gasteiger partial charge < -0.3 is 14.4 Å². The highest BCUT2D eigenvalue weighted by Crippen LogP contribution is 2.32. The molecule has 1 aliphatic rings. The fourth-order valence-corrected chi connectivity index (χ4v) is 3.32. The average molecular weight is 355 g/mol. The van der Waals surface area contributed by atoms with Gasteiger partial charge in [-0.1, -0.05) is 32.9 Å². The second kappa shape index (κ2) is 7.62. The summed E-state index contributed by atoms with van der Waals surface area (Å²) in [4.78, 5) is 11.9. The smallest absolute Gasteiger partial charge is 0.136 e. The van der Waals surface area contributed by atoms with Crippen molar-refractivity contribution in [3.8, 4) is 5.75 Å². The monoisotopic (exact) mass is 355 g/mol. The summed E-state index contributed by atoms with van der Waals surface area (Å²) in [7, 11) is 3.40. The van der Waals surface area contributed by atoms with Gasteiger partial charge in [-0.05, 0) is 24.1 Å². The first-order chi connectivity index (χ1) is 12.4. The fourth-order valence-electron chi connectivity index (χ4n) is 3.32. The van der Waals surface area contributed by atoms with Crippen LogP contribution in [0.1, 0.15) is 50.2 Å². The molecule has 0 bridgehead atoms. The molecule has 1 aromatic heterocycles. The molecular weight excluding hydrogens is 326 g/mol. The Hall–Kier alpha value is -2.14. The number of aromatic nitrogens is 2. The van der Waals surface area contributed by atoms with Crippen molar-refractivity contribution in [2.24, 2.45) is 0 Å². The van der Waals surface area contributed by atoms with Crippen LogP contribution in [0, 0.1) is 0 Å². The van der Waals surface area contributed by atoms with Crippen molar-refractivity contribution in [3.63, 3.8) is 0 Å². The second-order valence-electron chi connectivity index (χ2n) is 7.93. The van der Waals surface area contributed by atoms with Crippen LogP contribution < -0.4 is 9.64 Å². The number of nitrogens with zero attached hydrogens (tertiary/aromatic N) is 3. The zero-order valence-electron chi connectivity index (χ0n) is 16.5. The van der Waals surface area contributed by atoms with Gasteiger partial charge in [-0.15, -0.1) is 0 Å². The zero-order chi connectivity index (χ0) is 18.7. The van der Waals surface area contributed by atoms with Crippen LogP contribution in [0.25, 0.3) is 0 Å². The standard InChI is InChI=1S/C21H29N3O2/c1-21(2,3)20-22-17(14-25-4)12-19(23-20)24-11-10-16(13-24)15-6-8-18(26-5)9-7-15/h6-9,12,16H,10-11,13-14H2,1-5H3. The predicted molar refractivity (Wildman–Crippen MR) is 104 cm³/mol. The maximum atomic E-state index is 5.30. The van der Waals surface area contributed by atoms with E-state index in [4.69, 9.17) is 14.5 Å². The van der Waals surface area contributed by atoms with Gasteiger partial charge >= 0.3 is 0 Å². The molecule has 5 heteroatoms. The summed E-state index contributed by atoms with van der Waals surface area (Å²) in [6, 6.07) is 10.5. The van der Waals surface area contributed by atoms with Crippen molar-refractivity contribution in [2.45, 2.75) is 45.1 Å². The van der Waals surface area contributed by atoms with Crippen molar-refractivity contribution < 1.29 is 9.47 Å². The van der Waals surface area contributed by atoms with E-state index in [1.54, 1.807) is 14.2 Å². The molecule has 5 nitrogen and oxygen atoms in total. The van der Waals surface area contributed by atoms with Gasteiger partial charge in [0.25, 0.3) is 0 Å². The molecular formula is C21H29N3O2. The molecule has 0 radical (unpaired) electrons. The number of ether oxygens (including phenoxy) is 2. The Balaban J connectivity index is 1.81. The normalized spacial score (nSPS) is 17.6. The number of benzene rings is 1. The molecule has 3 rings (SSSR count). The number of hydrogen-bond acceptors (Lipinski definition) is 5. The van der Waals surface area contributed by atoms with Crippen LogP contribution in [0.2, 0.25) is 0 Å². The van der Waals surface area contributed by atoms with E-state index >= 15 is 0 Å². The highest BCUT2D eigenvalue weighted by molar-refractivity contribution is 5.44. The first-order valence-corrected chi connectivity index (χ1v) is 9.17. The van der Waals surface area contributed by atoms with Crippen molar-refractivity contribution in [1.82, 2.24) is 9.97 Å². The number of rotatable bonds is 5. The van der Waals surface area contributed by atoms with Crippen molar-refractivity contribution in [1.29, 1.82) is 0 Å². The van der Waals surface area contributed by atoms with Crippen LogP contribution in [0.15, 0.2) is 30.3 Å². The zero-order valence-corrected chi connectivity index (χ0v) is 16.5. The summed E-state index contributed by atoms with van der Waals surface area (Å²) < 4.78 is 10.6. The highest BCUT2D eigenvalue weighted by atomic mass is 16.5. The molecule has 1 aliphatic heterocycles. The number of methoxy groups -OCH3 is 2. The number of hydrogen-bond donors (Lipinski definition) is 0. The summed E-state index contributed by atoms with van der Waals surface area (Å²) >= 11 is 0. The third kappa shape index (κ3) is 4.15. The molecule has 0 N–H and O–H groups in total. The quantitative estimate of drug-likeness (QED) is 0.813. The van der Waals surface area contributed by atoms with Gasteiger partial charge in [-0.25, -0.2) is 9.97 Å². The summed E-state index contributed by atoms with van der Waals surface area (Å²) in [6.07, 6.45) is 1.13. The van der Waals surface area contributed by atoms with E-state index in [1.807, 2.05) is 12.1 Å². The first kappa shape index (κ1) is 18.6. The molecule has 26 heavy (non-hydrogen) atoms. The Labute approximate surface area is 156 Å². The molecule has 0 spiro atoms. The lowest BCUT2D eigenvalue weighted by molar-refractivity contribution is 0.181. The van der Waals surface area contributed by atoms with Gasteiger partial charge in [0, 0.05) is 37.6 Å². The summed E-state index contributed by atoms with van der Waals surface area (Å²) in [5.41, 5.74) is 2.21. The minimum absolute atomic E-state index is 0.0897. The third-order valence-corrected chi connectivity index (χ3v) is 4.83. The van der Waals surface area contributed by atoms with Crippen molar-refractivity contribution in [3.05, 3.63) is 47.4 Å². The molecule has 1 atom stereocenters. The lowest BCUT2D eigenvalue weighted by Crippen LogP contribution is -2.24. The molecule has 1 fully saturated rings. The Kier molecular flexibility index (Phi) is 5.47. The number of anilines is 1.